The highest BCUT2D eigenvalue weighted by molar-refractivity contribution is 5.76. The Hall–Kier alpha value is -1.55. The lowest BCUT2D eigenvalue weighted by atomic mass is 10.0. The third-order valence-corrected chi connectivity index (χ3v) is 4.18. The summed E-state index contributed by atoms with van der Waals surface area (Å²) in [5.74, 6) is 1.32. The van der Waals surface area contributed by atoms with Crippen LogP contribution in [-0.2, 0) is 0 Å². The van der Waals surface area contributed by atoms with Crippen molar-refractivity contribution in [2.45, 2.75) is 38.6 Å². The molecule has 0 unspecified atom stereocenters. The van der Waals surface area contributed by atoms with E-state index in [1.54, 1.807) is 25.3 Å². The van der Waals surface area contributed by atoms with Crippen LogP contribution in [0, 0.1) is 0 Å². The van der Waals surface area contributed by atoms with Crippen LogP contribution >= 0.6 is 0 Å². The molecule has 4 heteroatoms. The highest BCUT2D eigenvalue weighted by Crippen LogP contribution is 2.27. The molecule has 0 aliphatic carbocycles. The minimum absolute atomic E-state index is 0.598. The molecule has 4 nitrogen and oxygen atoms in total. The summed E-state index contributed by atoms with van der Waals surface area (Å²) in [6.07, 6.45) is 5.95. The Kier molecular flexibility index (Phi) is 6.05. The van der Waals surface area contributed by atoms with E-state index in [0.717, 1.165) is 12.8 Å². The number of ether oxygens (including phenoxy) is 2. The van der Waals surface area contributed by atoms with E-state index < -0.39 is 0 Å². The van der Waals surface area contributed by atoms with E-state index >= 15 is 0 Å². The zero-order valence-electron chi connectivity index (χ0n) is 13.0. The molecule has 0 N–H and O–H groups in total. The number of rotatable bonds is 7. The fraction of sp³-hybridized carbons (Fsp3) is 0.588. The fourth-order valence-corrected chi connectivity index (χ4v) is 2.97. The molecular formula is C17H25NO3. The van der Waals surface area contributed by atoms with E-state index in [-0.39, 0.29) is 0 Å². The highest BCUT2D eigenvalue weighted by atomic mass is 16.5. The molecule has 2 rings (SSSR count). The van der Waals surface area contributed by atoms with Crippen LogP contribution in [0.2, 0.25) is 0 Å². The average Bonchev–Trinajstić information content (AvgIpc) is 2.55. The second-order valence-corrected chi connectivity index (χ2v) is 5.47. The topological polar surface area (TPSA) is 38.8 Å². The second-order valence-electron chi connectivity index (χ2n) is 5.47. The maximum Gasteiger partial charge on any atom is 0.161 e. The van der Waals surface area contributed by atoms with Crippen LogP contribution in [0.25, 0.3) is 0 Å². The van der Waals surface area contributed by atoms with Gasteiger partial charge in [-0.05, 0) is 44.0 Å². The van der Waals surface area contributed by atoms with Gasteiger partial charge >= 0.3 is 0 Å². The third-order valence-electron chi connectivity index (χ3n) is 4.18. The van der Waals surface area contributed by atoms with Gasteiger partial charge in [0, 0.05) is 18.2 Å². The van der Waals surface area contributed by atoms with Gasteiger partial charge in [-0.2, -0.15) is 0 Å². The first-order valence-corrected chi connectivity index (χ1v) is 7.78. The van der Waals surface area contributed by atoms with Gasteiger partial charge in [-0.25, -0.2) is 0 Å². The molecule has 21 heavy (non-hydrogen) atoms. The normalized spacial score (nSPS) is 19.2. The number of piperidine rings is 1. The summed E-state index contributed by atoms with van der Waals surface area (Å²) in [6, 6.07) is 5.95. The number of carbonyl (C=O) groups excluding carboxylic acids is 1. The van der Waals surface area contributed by atoms with Crippen molar-refractivity contribution in [1.29, 1.82) is 0 Å². The minimum Gasteiger partial charge on any atom is -0.493 e. The van der Waals surface area contributed by atoms with Crippen LogP contribution in [0.1, 0.15) is 43.0 Å². The number of hydrogen-bond donors (Lipinski definition) is 0. The molecule has 1 aliphatic rings. The first kappa shape index (κ1) is 15.8. The van der Waals surface area contributed by atoms with E-state index in [1.165, 1.54) is 32.2 Å². The van der Waals surface area contributed by atoms with E-state index in [2.05, 4.69) is 11.8 Å². The van der Waals surface area contributed by atoms with Gasteiger partial charge in [0.2, 0.25) is 0 Å². The third kappa shape index (κ3) is 4.21. The fourth-order valence-electron chi connectivity index (χ4n) is 2.97. The Morgan fingerprint density at radius 1 is 1.33 bits per heavy atom. The molecule has 0 amide bonds. The molecule has 0 spiro atoms. The van der Waals surface area contributed by atoms with Gasteiger partial charge in [0.25, 0.3) is 0 Å². The largest absolute Gasteiger partial charge is 0.493 e. The number of nitrogens with zero attached hydrogens (tertiary/aromatic N) is 1. The monoisotopic (exact) mass is 291 g/mol. The Labute approximate surface area is 127 Å². The molecular weight excluding hydrogens is 266 g/mol. The van der Waals surface area contributed by atoms with Gasteiger partial charge in [0.05, 0.1) is 7.11 Å². The molecule has 0 radical (unpaired) electrons. The average molecular weight is 291 g/mol. The summed E-state index contributed by atoms with van der Waals surface area (Å²) in [7, 11) is 1.59. The predicted octanol–water partition coefficient (Wildman–Crippen LogP) is 3.15. The second kappa shape index (κ2) is 8.03. The summed E-state index contributed by atoms with van der Waals surface area (Å²) < 4.78 is 11.1. The van der Waals surface area contributed by atoms with Crippen molar-refractivity contribution in [1.82, 2.24) is 4.90 Å². The summed E-state index contributed by atoms with van der Waals surface area (Å²) in [5, 5.41) is 0. The van der Waals surface area contributed by atoms with Crippen LogP contribution in [-0.4, -0.2) is 44.0 Å². The predicted molar refractivity (Wildman–Crippen MR) is 83.4 cm³/mol. The van der Waals surface area contributed by atoms with E-state index in [1.807, 2.05) is 0 Å². The highest BCUT2D eigenvalue weighted by Gasteiger charge is 2.20. The summed E-state index contributed by atoms with van der Waals surface area (Å²) in [5.41, 5.74) is 0.598. The molecule has 116 valence electrons. The zero-order valence-corrected chi connectivity index (χ0v) is 13.0. The Balaban J connectivity index is 1.89. The Morgan fingerprint density at radius 3 is 2.90 bits per heavy atom. The molecule has 0 bridgehead atoms. The maximum atomic E-state index is 10.8. The minimum atomic E-state index is 0.598. The summed E-state index contributed by atoms with van der Waals surface area (Å²) >= 11 is 0. The SMILES string of the molecule is CC[C@@H]1CCCCN1CCOc1ccc(C=O)cc1OC. The van der Waals surface area contributed by atoms with Crippen molar-refractivity contribution < 1.29 is 14.3 Å². The number of benzene rings is 1. The van der Waals surface area contributed by atoms with Gasteiger partial charge in [-0.3, -0.25) is 9.69 Å². The molecule has 1 heterocycles. The standard InChI is InChI=1S/C17H25NO3/c1-3-15-6-4-5-9-18(15)10-11-21-16-8-7-14(13-19)12-17(16)20-2/h7-8,12-13,15H,3-6,9-11H2,1-2H3/t15-/m1/s1. The van der Waals surface area contributed by atoms with E-state index in [0.29, 0.717) is 29.7 Å². The first-order chi connectivity index (χ1) is 10.3. The van der Waals surface area contributed by atoms with Gasteiger partial charge in [0.1, 0.15) is 12.9 Å². The van der Waals surface area contributed by atoms with Crippen LogP contribution in [0.15, 0.2) is 18.2 Å². The number of hydrogen-bond acceptors (Lipinski definition) is 4. The lowest BCUT2D eigenvalue weighted by molar-refractivity contribution is 0.112. The number of methoxy groups -OCH3 is 1. The van der Waals surface area contributed by atoms with Gasteiger partial charge in [-0.15, -0.1) is 0 Å². The molecule has 1 aromatic carbocycles. The molecule has 1 aromatic rings. The maximum absolute atomic E-state index is 10.8. The molecule has 0 aromatic heterocycles. The molecule has 0 saturated carbocycles. The van der Waals surface area contributed by atoms with E-state index in [9.17, 15) is 4.79 Å². The number of carbonyl (C=O) groups is 1. The van der Waals surface area contributed by atoms with Crippen molar-refractivity contribution in [2.24, 2.45) is 0 Å². The van der Waals surface area contributed by atoms with Crippen molar-refractivity contribution in [3.8, 4) is 11.5 Å². The zero-order chi connectivity index (χ0) is 15.1. The lowest BCUT2D eigenvalue weighted by Gasteiger charge is -2.35. The molecule has 1 aliphatic heterocycles. The van der Waals surface area contributed by atoms with E-state index in [4.69, 9.17) is 9.47 Å². The van der Waals surface area contributed by atoms with Crippen LogP contribution < -0.4 is 9.47 Å². The van der Waals surface area contributed by atoms with Crippen molar-refractivity contribution in [3.63, 3.8) is 0 Å². The smallest absolute Gasteiger partial charge is 0.161 e. The van der Waals surface area contributed by atoms with Crippen LogP contribution in [0.5, 0.6) is 11.5 Å². The summed E-state index contributed by atoms with van der Waals surface area (Å²) in [6.45, 7) is 5.01. The van der Waals surface area contributed by atoms with Gasteiger partial charge in [0.15, 0.2) is 11.5 Å². The molecule has 1 fully saturated rings. The van der Waals surface area contributed by atoms with Crippen LogP contribution in [0.3, 0.4) is 0 Å². The van der Waals surface area contributed by atoms with Crippen molar-refractivity contribution in [2.75, 3.05) is 26.8 Å². The van der Waals surface area contributed by atoms with Crippen LogP contribution in [0.4, 0.5) is 0 Å². The lowest BCUT2D eigenvalue weighted by Crippen LogP contribution is -2.41. The summed E-state index contributed by atoms with van der Waals surface area (Å²) in [4.78, 5) is 13.3. The molecule has 1 atom stereocenters. The Bertz CT molecular complexity index is 461. The van der Waals surface area contributed by atoms with Crippen molar-refractivity contribution >= 4 is 6.29 Å². The number of aldehydes is 1. The first-order valence-electron chi connectivity index (χ1n) is 7.78. The Morgan fingerprint density at radius 2 is 2.19 bits per heavy atom. The molecule has 1 saturated heterocycles. The number of likely N-dealkylation sites (tertiary alicyclic amines) is 1. The van der Waals surface area contributed by atoms with Crippen molar-refractivity contribution in [3.05, 3.63) is 23.8 Å². The van der Waals surface area contributed by atoms with Gasteiger partial charge < -0.3 is 9.47 Å². The quantitative estimate of drug-likeness (QED) is 0.723. The van der Waals surface area contributed by atoms with Gasteiger partial charge in [-0.1, -0.05) is 13.3 Å².